The van der Waals surface area contributed by atoms with E-state index in [4.69, 9.17) is 38.9 Å². The number of amidine groups is 2. The SMILES string of the molecule is C#CCOc1cnc(/C(F)=C/c2ccc(F)c([C@]34CN(C(=O)CC)C[C@H]3CSC(N)=N4)c2)cn1.C#CCOc1cnc(/C(F)=C/c2ccc(F)c([C@]34CNC[C@H]3CSC(N)=N4)c2)cn1.CCC(=O)O. The quantitative estimate of drug-likeness (QED) is 0.0909. The topological polar surface area (TPSA) is 216 Å². The van der Waals surface area contributed by atoms with Crippen LogP contribution in [0.4, 0.5) is 17.6 Å². The summed E-state index contributed by atoms with van der Waals surface area (Å²) in [5.41, 5.74) is 11.8. The Morgan fingerprint density at radius 1 is 0.812 bits per heavy atom. The Morgan fingerprint density at radius 3 is 1.77 bits per heavy atom. The number of rotatable bonds is 12. The van der Waals surface area contributed by atoms with Gasteiger partial charge in [0.25, 0.3) is 0 Å². The minimum absolute atomic E-state index is 0.00751. The number of nitrogens with two attached hydrogens (primary N) is 2. The van der Waals surface area contributed by atoms with Gasteiger partial charge < -0.3 is 36.3 Å². The molecule has 0 spiro atoms. The number of amides is 1. The lowest BCUT2D eigenvalue weighted by Gasteiger charge is -2.35. The lowest BCUT2D eigenvalue weighted by molar-refractivity contribution is -0.136. The monoisotopic (exact) mass is 984 g/mol. The van der Waals surface area contributed by atoms with Gasteiger partial charge in [0.1, 0.15) is 34.1 Å². The second-order valence-electron chi connectivity index (χ2n) is 15.7. The van der Waals surface area contributed by atoms with Crippen LogP contribution in [0.25, 0.3) is 23.8 Å². The Kier molecular flexibility index (Phi) is 17.4. The predicted octanol–water partition coefficient (Wildman–Crippen LogP) is 6.27. The number of fused-ring (bicyclic) bond motifs is 2. The minimum Gasteiger partial charge on any atom is -0.481 e. The lowest BCUT2D eigenvalue weighted by Crippen LogP contribution is -2.41. The van der Waals surface area contributed by atoms with Crippen molar-refractivity contribution in [3.63, 3.8) is 0 Å². The molecule has 2 aromatic carbocycles. The van der Waals surface area contributed by atoms with Gasteiger partial charge in [-0.25, -0.2) is 47.5 Å². The number of carboxylic acids is 1. The van der Waals surface area contributed by atoms with Gasteiger partial charge in [0.05, 0.1) is 31.3 Å². The summed E-state index contributed by atoms with van der Waals surface area (Å²) < 4.78 is 69.9. The smallest absolute Gasteiger partial charge is 0.303 e. The van der Waals surface area contributed by atoms with Crippen LogP contribution in [0.5, 0.6) is 11.8 Å². The third-order valence-electron chi connectivity index (χ3n) is 11.3. The van der Waals surface area contributed by atoms with E-state index in [-0.39, 0.29) is 78.5 Å². The van der Waals surface area contributed by atoms with Crippen LogP contribution in [0.15, 0.2) is 71.2 Å². The first-order chi connectivity index (χ1) is 33.1. The summed E-state index contributed by atoms with van der Waals surface area (Å²) in [7, 11) is 0. The van der Waals surface area contributed by atoms with Crippen molar-refractivity contribution in [3.8, 4) is 36.4 Å². The molecular weight excluding hydrogens is 937 g/mol. The van der Waals surface area contributed by atoms with Gasteiger partial charge in [0, 0.05) is 66.9 Å². The molecule has 6 N–H and O–H groups in total. The summed E-state index contributed by atoms with van der Waals surface area (Å²) in [5.74, 6) is 3.46. The molecule has 8 rings (SSSR count). The van der Waals surface area contributed by atoms with Crippen LogP contribution in [0.3, 0.4) is 0 Å². The van der Waals surface area contributed by atoms with E-state index in [1.807, 2.05) is 0 Å². The highest BCUT2D eigenvalue weighted by molar-refractivity contribution is 8.14. The molecule has 0 unspecified atom stereocenters. The van der Waals surface area contributed by atoms with Crippen molar-refractivity contribution in [2.45, 2.75) is 37.8 Å². The molecule has 2 saturated heterocycles. The highest BCUT2D eigenvalue weighted by Gasteiger charge is 2.52. The summed E-state index contributed by atoms with van der Waals surface area (Å²) >= 11 is 2.86. The van der Waals surface area contributed by atoms with Crippen LogP contribution < -0.4 is 26.3 Å². The van der Waals surface area contributed by atoms with Gasteiger partial charge in [0.15, 0.2) is 35.2 Å². The van der Waals surface area contributed by atoms with Crippen LogP contribution in [0.1, 0.15) is 60.3 Å². The Morgan fingerprint density at radius 2 is 1.30 bits per heavy atom. The second-order valence-corrected chi connectivity index (χ2v) is 17.8. The number of hydrogen-bond donors (Lipinski definition) is 4. The minimum atomic E-state index is -1.01. The van der Waals surface area contributed by atoms with Gasteiger partial charge in [0.2, 0.25) is 17.7 Å². The third-order valence-corrected chi connectivity index (χ3v) is 13.2. The molecule has 4 atom stereocenters. The summed E-state index contributed by atoms with van der Waals surface area (Å²) in [5, 5.41) is 11.8. The summed E-state index contributed by atoms with van der Waals surface area (Å²) in [4.78, 5) is 48.7. The number of carboxylic acid groups (broad SMARTS) is 1. The zero-order valence-electron chi connectivity index (χ0n) is 37.5. The molecule has 4 aromatic rings. The van der Waals surface area contributed by atoms with E-state index in [1.165, 1.54) is 84.7 Å². The number of aliphatic carboxylic acids is 1. The van der Waals surface area contributed by atoms with Gasteiger partial charge in [-0.1, -0.05) is 61.3 Å². The molecule has 1 amide bonds. The highest BCUT2D eigenvalue weighted by Crippen LogP contribution is 2.47. The second kappa shape index (κ2) is 23.4. The number of carbonyl (C=O) groups is 2. The highest BCUT2D eigenvalue weighted by atomic mass is 32.2. The molecule has 2 fully saturated rings. The van der Waals surface area contributed by atoms with Crippen LogP contribution >= 0.6 is 23.5 Å². The van der Waals surface area contributed by atoms with Crippen LogP contribution in [0, 0.1) is 48.2 Å². The van der Waals surface area contributed by atoms with Crippen LogP contribution in [0.2, 0.25) is 0 Å². The lowest BCUT2D eigenvalue weighted by atomic mass is 9.81. The van der Waals surface area contributed by atoms with E-state index in [2.05, 4.69) is 47.1 Å². The number of aromatic nitrogens is 4. The summed E-state index contributed by atoms with van der Waals surface area (Å²) in [6.45, 7) is 5.36. The van der Waals surface area contributed by atoms with E-state index in [0.717, 1.165) is 12.3 Å². The maximum absolute atomic E-state index is 15.1. The van der Waals surface area contributed by atoms with Gasteiger partial charge >= 0.3 is 5.97 Å². The van der Waals surface area contributed by atoms with Gasteiger partial charge in [-0.15, -0.1) is 12.8 Å². The number of benzene rings is 2. The molecule has 0 bridgehead atoms. The van der Waals surface area contributed by atoms with E-state index < -0.39 is 34.5 Å². The zero-order chi connectivity index (χ0) is 49.7. The van der Waals surface area contributed by atoms with E-state index >= 15 is 4.39 Å². The Balaban J connectivity index is 0.000000208. The maximum atomic E-state index is 15.1. The molecule has 0 saturated carbocycles. The fourth-order valence-electron chi connectivity index (χ4n) is 7.91. The molecule has 69 heavy (non-hydrogen) atoms. The molecule has 21 heteroatoms. The maximum Gasteiger partial charge on any atom is 0.303 e. The van der Waals surface area contributed by atoms with Crippen molar-refractivity contribution in [1.29, 1.82) is 0 Å². The van der Waals surface area contributed by atoms with Crippen molar-refractivity contribution in [3.05, 3.63) is 106 Å². The number of likely N-dealkylation sites (tertiary alicyclic amines) is 1. The molecule has 2 aromatic heterocycles. The van der Waals surface area contributed by atoms with E-state index in [9.17, 15) is 22.8 Å². The third kappa shape index (κ3) is 12.4. The molecule has 0 aliphatic carbocycles. The Labute approximate surface area is 404 Å². The standard InChI is InChI=1S/C24H23F2N5O2S.C21H19F2N5OS.C3H6O2/c1-3-7-33-21-11-28-20(10-29-21)19(26)9-15-5-6-18(25)17(8-15)24-14-31(22(32)4-2)12-16(24)13-34-23(27)30-24;1-2-5-29-19-10-26-18(9-27-19)17(23)7-13-3-4-16(22)15(6-13)21-12-25-8-14(21)11-30-20(24)28-21;1-2-3(4)5/h1,5-6,8-11,16H,4,7,12-14H2,2H3,(H2,27,30);1,3-4,6-7,9-10,14,25H,5,8,11-12H2,(H2,24,28);2H2,1H3,(H,4,5)/b19-9-;17-7-;/t16-,24-;14-,21-;/m00./s1. The van der Waals surface area contributed by atoms with Crippen LogP contribution in [-0.2, 0) is 20.7 Å². The van der Waals surface area contributed by atoms with Crippen molar-refractivity contribution in [2.24, 2.45) is 33.3 Å². The number of hydrogen-bond acceptors (Lipinski definition) is 15. The molecule has 0 radical (unpaired) electrons. The largest absolute Gasteiger partial charge is 0.481 e. The number of terminal acetylenes is 2. The first kappa shape index (κ1) is 51.5. The molecular formula is C48H48F4N10O5S2. The van der Waals surface area contributed by atoms with Gasteiger partial charge in [-0.05, 0) is 47.5 Å². The van der Waals surface area contributed by atoms with E-state index in [1.54, 1.807) is 30.9 Å². The number of thioether (sulfide) groups is 2. The predicted molar refractivity (Wildman–Crippen MR) is 260 cm³/mol. The van der Waals surface area contributed by atoms with Crippen molar-refractivity contribution in [2.75, 3.05) is 50.9 Å². The Bertz CT molecular complexity index is 2730. The fraction of sp³-hybridized carbons (Fsp3) is 0.333. The number of aliphatic imine (C=N–C) groups is 2. The molecule has 360 valence electrons. The van der Waals surface area contributed by atoms with Crippen molar-refractivity contribution < 1.29 is 41.7 Å². The molecule has 4 aliphatic rings. The fourth-order valence-corrected chi connectivity index (χ4v) is 9.88. The molecule has 15 nitrogen and oxygen atoms in total. The normalized spacial score (nSPS) is 21.6. The number of ether oxygens (including phenoxy) is 2. The zero-order valence-corrected chi connectivity index (χ0v) is 39.1. The first-order valence-corrected chi connectivity index (χ1v) is 23.4. The Hall–Kier alpha value is -6.94. The van der Waals surface area contributed by atoms with Crippen LogP contribution in [-0.4, -0.2) is 103 Å². The summed E-state index contributed by atoms with van der Waals surface area (Å²) in [6.07, 6.45) is 18.4. The first-order valence-electron chi connectivity index (χ1n) is 21.4. The number of carbonyl (C=O) groups excluding carboxylic acids is 1. The number of halogens is 4. The molecule has 4 aliphatic heterocycles. The summed E-state index contributed by atoms with van der Waals surface area (Å²) in [6, 6.07) is 8.77. The average molecular weight is 985 g/mol. The van der Waals surface area contributed by atoms with Gasteiger partial charge in [-0.2, -0.15) is 0 Å². The number of nitrogens with one attached hydrogen (secondary N) is 1. The average Bonchev–Trinajstić information content (AvgIpc) is 3.96. The van der Waals surface area contributed by atoms with Gasteiger partial charge in [-0.3, -0.25) is 9.59 Å². The molecule has 6 heterocycles. The van der Waals surface area contributed by atoms with E-state index in [0.29, 0.717) is 52.3 Å². The van der Waals surface area contributed by atoms with Crippen molar-refractivity contribution in [1.82, 2.24) is 30.2 Å². The van der Waals surface area contributed by atoms with Crippen molar-refractivity contribution >= 4 is 69.5 Å². The number of nitrogens with zero attached hydrogens (tertiary/aromatic N) is 7.